The number of hydrogen-bond acceptors (Lipinski definition) is 4. The van der Waals surface area contributed by atoms with Crippen LogP contribution in [0.2, 0.25) is 0 Å². The molecule has 0 spiro atoms. The molecule has 0 bridgehead atoms. The van der Waals surface area contributed by atoms with Gasteiger partial charge in [-0.05, 0) is 24.1 Å². The second-order valence-electron chi connectivity index (χ2n) is 7.84. The van der Waals surface area contributed by atoms with Crippen molar-refractivity contribution in [2.45, 2.75) is 26.4 Å². The molecule has 0 aliphatic heterocycles. The van der Waals surface area contributed by atoms with Gasteiger partial charge >= 0.3 is 0 Å². The Morgan fingerprint density at radius 2 is 1.85 bits per heavy atom. The number of amides is 1. The molecule has 9 heteroatoms. The number of carbonyl (C=O) groups excluding carboxylic acids is 1. The minimum absolute atomic E-state index is 0.0934. The standard InChI is InChI=1S/C24H21F3N4O2/c1-14(2)22(31-13-30-20-10-18(26)19(27)11-21(20)31)23(32)29-12-15-5-4-8-28-24(15)33-17-7-3-6-16(25)9-17/h3-11,13-14,22H,12H2,1-2H3,(H,29,32). The highest BCUT2D eigenvalue weighted by molar-refractivity contribution is 5.84. The minimum atomic E-state index is -1.01. The molecular weight excluding hydrogens is 433 g/mol. The van der Waals surface area contributed by atoms with E-state index in [4.69, 9.17) is 4.74 Å². The topological polar surface area (TPSA) is 69.0 Å². The summed E-state index contributed by atoms with van der Waals surface area (Å²) in [7, 11) is 0. The van der Waals surface area contributed by atoms with Gasteiger partial charge in [-0.25, -0.2) is 23.1 Å². The number of fused-ring (bicyclic) bond motifs is 1. The van der Waals surface area contributed by atoms with Crippen molar-refractivity contribution in [2.75, 3.05) is 0 Å². The fourth-order valence-electron chi connectivity index (χ4n) is 3.57. The predicted octanol–water partition coefficient (Wildman–Crippen LogP) is 5.15. The zero-order valence-electron chi connectivity index (χ0n) is 17.9. The zero-order valence-corrected chi connectivity index (χ0v) is 17.9. The van der Waals surface area contributed by atoms with E-state index >= 15 is 0 Å². The molecule has 33 heavy (non-hydrogen) atoms. The summed E-state index contributed by atoms with van der Waals surface area (Å²) in [6.45, 7) is 3.78. The summed E-state index contributed by atoms with van der Waals surface area (Å²) in [6, 6.07) is 10.4. The van der Waals surface area contributed by atoms with E-state index in [1.807, 2.05) is 13.8 Å². The lowest BCUT2D eigenvalue weighted by Gasteiger charge is -2.23. The summed E-state index contributed by atoms with van der Waals surface area (Å²) in [4.78, 5) is 21.4. The lowest BCUT2D eigenvalue weighted by molar-refractivity contribution is -0.125. The summed E-state index contributed by atoms with van der Waals surface area (Å²) >= 11 is 0. The third-order valence-electron chi connectivity index (χ3n) is 5.13. The molecule has 4 rings (SSSR count). The first kappa shape index (κ1) is 22.3. The van der Waals surface area contributed by atoms with Crippen molar-refractivity contribution in [3.63, 3.8) is 0 Å². The van der Waals surface area contributed by atoms with Crippen LogP contribution in [0.25, 0.3) is 11.0 Å². The molecule has 1 unspecified atom stereocenters. The van der Waals surface area contributed by atoms with Crippen LogP contribution >= 0.6 is 0 Å². The molecule has 6 nitrogen and oxygen atoms in total. The van der Waals surface area contributed by atoms with E-state index < -0.39 is 23.5 Å². The van der Waals surface area contributed by atoms with Crippen LogP contribution in [0.15, 0.2) is 61.1 Å². The van der Waals surface area contributed by atoms with Gasteiger partial charge in [0.25, 0.3) is 0 Å². The molecule has 0 radical (unpaired) electrons. The Morgan fingerprint density at radius 1 is 1.06 bits per heavy atom. The van der Waals surface area contributed by atoms with Crippen molar-refractivity contribution in [2.24, 2.45) is 5.92 Å². The number of rotatable bonds is 7. The summed E-state index contributed by atoms with van der Waals surface area (Å²) < 4.78 is 48.1. The number of nitrogens with zero attached hydrogens (tertiary/aromatic N) is 3. The van der Waals surface area contributed by atoms with Gasteiger partial charge in [0, 0.05) is 36.5 Å². The highest BCUT2D eigenvalue weighted by Crippen LogP contribution is 2.27. The fraction of sp³-hybridized carbons (Fsp3) is 0.208. The SMILES string of the molecule is CC(C)C(C(=O)NCc1cccnc1Oc1cccc(F)c1)n1cnc2cc(F)c(F)cc21. The molecule has 0 aliphatic carbocycles. The smallest absolute Gasteiger partial charge is 0.243 e. The molecule has 2 heterocycles. The van der Waals surface area contributed by atoms with Crippen LogP contribution in [0, 0.1) is 23.4 Å². The van der Waals surface area contributed by atoms with Gasteiger partial charge in [0.15, 0.2) is 11.6 Å². The number of ether oxygens (including phenoxy) is 1. The van der Waals surface area contributed by atoms with Gasteiger partial charge in [0.2, 0.25) is 11.8 Å². The zero-order chi connectivity index (χ0) is 23.5. The van der Waals surface area contributed by atoms with Gasteiger partial charge in [-0.1, -0.05) is 26.0 Å². The van der Waals surface area contributed by atoms with Gasteiger partial charge in [0.05, 0.1) is 17.4 Å². The van der Waals surface area contributed by atoms with Crippen molar-refractivity contribution in [1.29, 1.82) is 0 Å². The first-order valence-corrected chi connectivity index (χ1v) is 10.3. The van der Waals surface area contributed by atoms with E-state index in [-0.39, 0.29) is 35.5 Å². The Kier molecular flexibility index (Phi) is 6.30. The number of halogens is 3. The highest BCUT2D eigenvalue weighted by atomic mass is 19.2. The highest BCUT2D eigenvalue weighted by Gasteiger charge is 2.26. The molecule has 2 aromatic heterocycles. The van der Waals surface area contributed by atoms with E-state index in [2.05, 4.69) is 15.3 Å². The molecule has 1 N–H and O–H groups in total. The lowest BCUT2D eigenvalue weighted by Crippen LogP contribution is -2.35. The van der Waals surface area contributed by atoms with Crippen molar-refractivity contribution >= 4 is 16.9 Å². The number of hydrogen-bond donors (Lipinski definition) is 1. The Bertz CT molecular complexity index is 1310. The van der Waals surface area contributed by atoms with Crippen molar-refractivity contribution in [3.8, 4) is 11.6 Å². The lowest BCUT2D eigenvalue weighted by atomic mass is 10.0. The van der Waals surface area contributed by atoms with E-state index in [9.17, 15) is 18.0 Å². The average molecular weight is 454 g/mol. The monoisotopic (exact) mass is 454 g/mol. The van der Waals surface area contributed by atoms with Crippen LogP contribution in [0.1, 0.15) is 25.5 Å². The Balaban J connectivity index is 1.55. The molecule has 0 saturated carbocycles. The van der Waals surface area contributed by atoms with Crippen LogP contribution < -0.4 is 10.1 Å². The van der Waals surface area contributed by atoms with Crippen molar-refractivity contribution in [3.05, 3.63) is 84.1 Å². The molecule has 4 aromatic rings. The first-order chi connectivity index (χ1) is 15.8. The largest absolute Gasteiger partial charge is 0.439 e. The fourth-order valence-corrected chi connectivity index (χ4v) is 3.57. The van der Waals surface area contributed by atoms with Crippen LogP contribution in [0.5, 0.6) is 11.6 Å². The molecular formula is C24H21F3N4O2. The van der Waals surface area contributed by atoms with Crippen molar-refractivity contribution in [1.82, 2.24) is 19.9 Å². The van der Waals surface area contributed by atoms with Gasteiger partial charge < -0.3 is 14.6 Å². The van der Waals surface area contributed by atoms with Crippen LogP contribution in [-0.2, 0) is 11.3 Å². The summed E-state index contributed by atoms with van der Waals surface area (Å²) in [5, 5.41) is 2.85. The van der Waals surface area contributed by atoms with Crippen LogP contribution in [0.4, 0.5) is 13.2 Å². The maximum Gasteiger partial charge on any atom is 0.243 e. The summed E-state index contributed by atoms with van der Waals surface area (Å²) in [6.07, 6.45) is 2.93. The molecule has 2 aromatic carbocycles. The molecule has 1 atom stereocenters. The van der Waals surface area contributed by atoms with Crippen LogP contribution in [0.3, 0.4) is 0 Å². The predicted molar refractivity (Wildman–Crippen MR) is 116 cm³/mol. The second-order valence-corrected chi connectivity index (χ2v) is 7.84. The third-order valence-corrected chi connectivity index (χ3v) is 5.13. The van der Waals surface area contributed by atoms with Gasteiger partial charge in [0.1, 0.15) is 17.6 Å². The molecule has 1 amide bonds. The van der Waals surface area contributed by atoms with Crippen LogP contribution in [-0.4, -0.2) is 20.4 Å². The van der Waals surface area contributed by atoms with E-state index in [1.165, 1.54) is 35.3 Å². The third kappa shape index (κ3) is 4.82. The summed E-state index contributed by atoms with van der Waals surface area (Å²) in [5.74, 6) is -2.46. The normalized spacial score (nSPS) is 12.2. The second kappa shape index (κ2) is 9.32. The number of imidazole rings is 1. The quantitative estimate of drug-likeness (QED) is 0.419. The van der Waals surface area contributed by atoms with E-state index in [1.54, 1.807) is 18.2 Å². The number of carbonyl (C=O) groups is 1. The molecule has 0 fully saturated rings. The Hall–Kier alpha value is -3.88. The van der Waals surface area contributed by atoms with Gasteiger partial charge in [-0.15, -0.1) is 0 Å². The number of nitrogens with one attached hydrogen (secondary N) is 1. The average Bonchev–Trinajstić information content (AvgIpc) is 3.15. The molecule has 0 aliphatic rings. The Morgan fingerprint density at radius 3 is 2.61 bits per heavy atom. The van der Waals surface area contributed by atoms with Crippen molar-refractivity contribution < 1.29 is 22.7 Å². The first-order valence-electron chi connectivity index (χ1n) is 10.3. The number of benzene rings is 2. The Labute approximate surface area is 188 Å². The van der Waals surface area contributed by atoms with Gasteiger partial charge in [-0.2, -0.15) is 0 Å². The number of pyridine rings is 1. The van der Waals surface area contributed by atoms with Gasteiger partial charge in [-0.3, -0.25) is 4.79 Å². The molecule has 170 valence electrons. The maximum absolute atomic E-state index is 13.8. The van der Waals surface area contributed by atoms with E-state index in [0.717, 1.165) is 12.1 Å². The molecule has 0 saturated heterocycles. The maximum atomic E-state index is 13.8. The number of aromatic nitrogens is 3. The van der Waals surface area contributed by atoms with E-state index in [0.29, 0.717) is 11.1 Å². The summed E-state index contributed by atoms with van der Waals surface area (Å²) in [5.41, 5.74) is 1.16. The minimum Gasteiger partial charge on any atom is -0.439 e.